The summed E-state index contributed by atoms with van der Waals surface area (Å²) in [6.45, 7) is 2.16. The second-order valence-corrected chi connectivity index (χ2v) is 5.18. The molecule has 0 bridgehead atoms. The molecule has 19 heavy (non-hydrogen) atoms. The molecule has 0 aliphatic heterocycles. The molecule has 106 valence electrons. The maximum Gasteiger partial charge on any atom is 0.273 e. The van der Waals surface area contributed by atoms with E-state index in [1.54, 1.807) is 19.2 Å². The molecule has 0 fully saturated rings. The van der Waals surface area contributed by atoms with Gasteiger partial charge in [0.05, 0.1) is 4.92 Å². The van der Waals surface area contributed by atoms with Crippen molar-refractivity contribution in [3.8, 4) is 0 Å². The van der Waals surface area contributed by atoms with Crippen LogP contribution < -0.4 is 5.32 Å². The Morgan fingerprint density at radius 3 is 2.84 bits per heavy atom. The van der Waals surface area contributed by atoms with Gasteiger partial charge in [-0.05, 0) is 37.9 Å². The molecular formula is C13H19BrN2O3. The Balaban J connectivity index is 2.36. The summed E-state index contributed by atoms with van der Waals surface area (Å²) in [7, 11) is 1.70. The lowest BCUT2D eigenvalue weighted by Gasteiger charge is -2.06. The van der Waals surface area contributed by atoms with Crippen molar-refractivity contribution >= 4 is 21.6 Å². The van der Waals surface area contributed by atoms with Crippen LogP contribution in [0, 0.1) is 10.1 Å². The average molecular weight is 331 g/mol. The van der Waals surface area contributed by atoms with Gasteiger partial charge in [0, 0.05) is 36.4 Å². The maximum atomic E-state index is 10.9. The standard InChI is InChI=1S/C13H19BrN2O3/c1-19-8-4-2-3-7-15-10-11-9-12(14)5-6-13(11)16(17)18/h5-6,9,15H,2-4,7-8,10H2,1H3. The number of methoxy groups -OCH3 is 1. The summed E-state index contributed by atoms with van der Waals surface area (Å²) in [5, 5.41) is 14.1. The van der Waals surface area contributed by atoms with Crippen molar-refractivity contribution in [1.82, 2.24) is 5.32 Å². The fourth-order valence-corrected chi connectivity index (χ4v) is 2.18. The number of nitrogens with one attached hydrogen (secondary N) is 1. The minimum absolute atomic E-state index is 0.162. The predicted octanol–water partition coefficient (Wildman–Crippen LogP) is 3.26. The number of benzene rings is 1. The van der Waals surface area contributed by atoms with Gasteiger partial charge in [-0.2, -0.15) is 0 Å². The fourth-order valence-electron chi connectivity index (χ4n) is 1.77. The van der Waals surface area contributed by atoms with Gasteiger partial charge < -0.3 is 10.1 Å². The molecule has 0 saturated heterocycles. The Bertz CT molecular complexity index is 413. The molecule has 1 N–H and O–H groups in total. The van der Waals surface area contributed by atoms with Crippen molar-refractivity contribution < 1.29 is 9.66 Å². The van der Waals surface area contributed by atoms with Gasteiger partial charge in [-0.25, -0.2) is 0 Å². The van der Waals surface area contributed by atoms with Crippen LogP contribution in [0.3, 0.4) is 0 Å². The van der Waals surface area contributed by atoms with E-state index >= 15 is 0 Å². The zero-order valence-corrected chi connectivity index (χ0v) is 12.6. The fraction of sp³-hybridized carbons (Fsp3) is 0.538. The molecule has 0 aliphatic carbocycles. The number of hydrogen-bond acceptors (Lipinski definition) is 4. The molecule has 5 nitrogen and oxygen atoms in total. The highest BCUT2D eigenvalue weighted by Crippen LogP contribution is 2.22. The first-order chi connectivity index (χ1) is 9.15. The highest BCUT2D eigenvalue weighted by molar-refractivity contribution is 9.10. The first-order valence-corrected chi connectivity index (χ1v) is 7.07. The topological polar surface area (TPSA) is 64.4 Å². The Labute approximate surface area is 121 Å². The highest BCUT2D eigenvalue weighted by Gasteiger charge is 2.12. The van der Waals surface area contributed by atoms with Gasteiger partial charge in [0.1, 0.15) is 0 Å². The smallest absolute Gasteiger partial charge is 0.273 e. The Kier molecular flexibility index (Phi) is 7.62. The van der Waals surface area contributed by atoms with Crippen molar-refractivity contribution in [1.29, 1.82) is 0 Å². The van der Waals surface area contributed by atoms with Crippen LogP contribution >= 0.6 is 15.9 Å². The van der Waals surface area contributed by atoms with Crippen LogP contribution in [-0.4, -0.2) is 25.2 Å². The van der Waals surface area contributed by atoms with E-state index < -0.39 is 0 Å². The first-order valence-electron chi connectivity index (χ1n) is 6.27. The van der Waals surface area contributed by atoms with Crippen LogP contribution in [0.15, 0.2) is 22.7 Å². The van der Waals surface area contributed by atoms with E-state index in [1.165, 1.54) is 6.07 Å². The summed E-state index contributed by atoms with van der Waals surface area (Å²) in [6, 6.07) is 5.00. The molecule has 0 aromatic heterocycles. The molecule has 0 radical (unpaired) electrons. The van der Waals surface area contributed by atoms with Crippen LogP contribution in [0.25, 0.3) is 0 Å². The van der Waals surface area contributed by atoms with E-state index in [2.05, 4.69) is 21.2 Å². The summed E-state index contributed by atoms with van der Waals surface area (Å²) in [5.41, 5.74) is 0.867. The van der Waals surface area contributed by atoms with Gasteiger partial charge in [-0.3, -0.25) is 10.1 Å². The molecular weight excluding hydrogens is 312 g/mol. The van der Waals surface area contributed by atoms with Gasteiger partial charge in [-0.1, -0.05) is 15.9 Å². The lowest BCUT2D eigenvalue weighted by Crippen LogP contribution is -2.15. The summed E-state index contributed by atoms with van der Waals surface area (Å²) < 4.78 is 5.83. The minimum atomic E-state index is -0.345. The number of nitro benzene ring substituents is 1. The van der Waals surface area contributed by atoms with Crippen molar-refractivity contribution in [2.45, 2.75) is 25.8 Å². The zero-order valence-electron chi connectivity index (χ0n) is 11.0. The SMILES string of the molecule is COCCCCCNCc1cc(Br)ccc1[N+](=O)[O-]. The van der Waals surface area contributed by atoms with Crippen molar-refractivity contribution in [3.63, 3.8) is 0 Å². The van der Waals surface area contributed by atoms with Crippen LogP contribution in [-0.2, 0) is 11.3 Å². The molecule has 0 amide bonds. The number of ether oxygens (including phenoxy) is 1. The second kappa shape index (κ2) is 9.01. The molecule has 0 saturated carbocycles. The molecule has 1 rings (SSSR count). The first kappa shape index (κ1) is 16.1. The van der Waals surface area contributed by atoms with Crippen LogP contribution in [0.2, 0.25) is 0 Å². The van der Waals surface area contributed by atoms with Crippen molar-refractivity contribution in [2.75, 3.05) is 20.3 Å². The molecule has 0 spiro atoms. The van der Waals surface area contributed by atoms with Gasteiger partial charge >= 0.3 is 0 Å². The predicted molar refractivity (Wildman–Crippen MR) is 78.2 cm³/mol. The van der Waals surface area contributed by atoms with Crippen molar-refractivity contribution in [3.05, 3.63) is 38.3 Å². The molecule has 1 aromatic carbocycles. The molecule has 0 aliphatic rings. The van der Waals surface area contributed by atoms with E-state index in [0.717, 1.165) is 36.9 Å². The minimum Gasteiger partial charge on any atom is -0.385 e. The summed E-state index contributed by atoms with van der Waals surface area (Å²) in [4.78, 5) is 10.5. The van der Waals surface area contributed by atoms with E-state index in [-0.39, 0.29) is 10.6 Å². The largest absolute Gasteiger partial charge is 0.385 e. The van der Waals surface area contributed by atoms with E-state index in [9.17, 15) is 10.1 Å². The highest BCUT2D eigenvalue weighted by atomic mass is 79.9. The Hall–Kier alpha value is -0.980. The van der Waals surface area contributed by atoms with Crippen molar-refractivity contribution in [2.24, 2.45) is 0 Å². The normalized spacial score (nSPS) is 10.6. The van der Waals surface area contributed by atoms with E-state index in [1.807, 2.05) is 0 Å². The van der Waals surface area contributed by atoms with Crippen LogP contribution in [0.1, 0.15) is 24.8 Å². The van der Waals surface area contributed by atoms with Crippen LogP contribution in [0.5, 0.6) is 0 Å². The third-order valence-corrected chi connectivity index (χ3v) is 3.25. The molecule has 0 unspecified atom stereocenters. The maximum absolute atomic E-state index is 10.9. The number of hydrogen-bond donors (Lipinski definition) is 1. The number of rotatable bonds is 9. The van der Waals surface area contributed by atoms with Gasteiger partial charge in [0.15, 0.2) is 0 Å². The third kappa shape index (κ3) is 6.13. The summed E-state index contributed by atoms with van der Waals surface area (Å²) in [6.07, 6.45) is 3.20. The average Bonchev–Trinajstić information content (AvgIpc) is 2.37. The monoisotopic (exact) mass is 330 g/mol. The summed E-state index contributed by atoms with van der Waals surface area (Å²) >= 11 is 3.33. The molecule has 0 atom stereocenters. The Morgan fingerprint density at radius 1 is 1.37 bits per heavy atom. The van der Waals surface area contributed by atoms with Crippen LogP contribution in [0.4, 0.5) is 5.69 Å². The van der Waals surface area contributed by atoms with E-state index in [0.29, 0.717) is 12.1 Å². The van der Waals surface area contributed by atoms with Gasteiger partial charge in [0.25, 0.3) is 5.69 Å². The number of nitrogens with zero attached hydrogens (tertiary/aromatic N) is 1. The lowest BCUT2D eigenvalue weighted by molar-refractivity contribution is -0.385. The summed E-state index contributed by atoms with van der Waals surface area (Å²) in [5.74, 6) is 0. The third-order valence-electron chi connectivity index (χ3n) is 2.76. The lowest BCUT2D eigenvalue weighted by atomic mass is 10.1. The molecule has 0 heterocycles. The van der Waals surface area contributed by atoms with Gasteiger partial charge in [0.2, 0.25) is 0 Å². The van der Waals surface area contributed by atoms with E-state index in [4.69, 9.17) is 4.74 Å². The second-order valence-electron chi connectivity index (χ2n) is 4.26. The Morgan fingerprint density at radius 2 is 2.16 bits per heavy atom. The van der Waals surface area contributed by atoms with Gasteiger partial charge in [-0.15, -0.1) is 0 Å². The quantitative estimate of drug-likeness (QED) is 0.428. The zero-order chi connectivity index (χ0) is 14.1. The number of nitro groups is 1. The molecule has 1 aromatic rings. The number of halogens is 1. The number of unbranched alkanes of at least 4 members (excludes halogenated alkanes) is 2. The molecule has 6 heteroatoms.